The summed E-state index contributed by atoms with van der Waals surface area (Å²) in [5.41, 5.74) is 2.27. The van der Waals surface area contributed by atoms with Crippen molar-refractivity contribution in [2.45, 2.75) is 44.6 Å². The van der Waals surface area contributed by atoms with E-state index in [1.807, 2.05) is 6.92 Å². The number of aryl methyl sites for hydroxylation is 1. The van der Waals surface area contributed by atoms with Crippen LogP contribution < -0.4 is 20.4 Å². The number of rotatable bonds is 4. The molecule has 0 saturated heterocycles. The second-order valence-corrected chi connectivity index (χ2v) is 8.27. The van der Waals surface area contributed by atoms with E-state index in [0.29, 0.717) is 17.1 Å². The van der Waals surface area contributed by atoms with Gasteiger partial charge in [-0.2, -0.15) is 13.8 Å². The van der Waals surface area contributed by atoms with Crippen molar-refractivity contribution in [1.82, 2.24) is 15.3 Å². The van der Waals surface area contributed by atoms with Gasteiger partial charge in [0.15, 0.2) is 5.82 Å². The molecule has 1 aliphatic heterocycles. The Bertz CT molecular complexity index is 1050. The van der Waals surface area contributed by atoms with Crippen molar-refractivity contribution in [3.8, 4) is 0 Å². The minimum absolute atomic E-state index is 0.102. The van der Waals surface area contributed by atoms with Gasteiger partial charge in [0, 0.05) is 31.4 Å². The number of anilines is 4. The first-order valence-electron chi connectivity index (χ1n) is 10.6. The third-order valence-corrected chi connectivity index (χ3v) is 6.10. The molecule has 0 radical (unpaired) electrons. The molecule has 0 bridgehead atoms. The van der Waals surface area contributed by atoms with Gasteiger partial charge in [-0.15, -0.1) is 0 Å². The van der Waals surface area contributed by atoms with E-state index in [2.05, 4.69) is 20.6 Å². The van der Waals surface area contributed by atoms with Crippen molar-refractivity contribution >= 4 is 35.0 Å². The number of nitrogens with zero attached hydrogens (tertiary/aromatic N) is 4. The van der Waals surface area contributed by atoms with Gasteiger partial charge in [0.25, 0.3) is 11.8 Å². The van der Waals surface area contributed by atoms with Crippen LogP contribution in [0.1, 0.15) is 41.6 Å². The Balaban J connectivity index is 1.71. The lowest BCUT2D eigenvalue weighted by atomic mass is 10.1. The number of nitrogens with one attached hydrogen (secondary N) is 2. The van der Waals surface area contributed by atoms with Crippen LogP contribution in [-0.4, -0.2) is 54.4 Å². The van der Waals surface area contributed by atoms with Crippen molar-refractivity contribution in [3.05, 3.63) is 35.5 Å². The first kappa shape index (κ1) is 21.9. The van der Waals surface area contributed by atoms with Crippen molar-refractivity contribution in [1.29, 1.82) is 0 Å². The second kappa shape index (κ2) is 8.33. The van der Waals surface area contributed by atoms with Gasteiger partial charge in [-0.1, -0.05) is 12.8 Å². The number of hydrogen-bond acceptors (Lipinski definition) is 6. The fraction of sp³-hybridized carbons (Fsp3) is 0.455. The van der Waals surface area contributed by atoms with Crippen LogP contribution in [0, 0.1) is 6.92 Å². The molecule has 2 aromatic rings. The summed E-state index contributed by atoms with van der Waals surface area (Å²) >= 11 is 0. The normalized spacial score (nSPS) is 18.3. The minimum atomic E-state index is -3.52. The lowest BCUT2D eigenvalue weighted by Gasteiger charge is -2.31. The number of carbonyl (C=O) groups is 2. The molecule has 4 rings (SSSR count). The fourth-order valence-corrected chi connectivity index (χ4v) is 4.31. The number of hydrogen-bond donors (Lipinski definition) is 2. The molecule has 2 N–H and O–H groups in total. The summed E-state index contributed by atoms with van der Waals surface area (Å²) < 4.78 is 29.4. The maximum atomic E-state index is 14.7. The Hall–Kier alpha value is -3.30. The molecule has 0 unspecified atom stereocenters. The Morgan fingerprint density at radius 2 is 1.97 bits per heavy atom. The van der Waals surface area contributed by atoms with Crippen LogP contribution in [0.2, 0.25) is 0 Å². The number of halogens is 2. The second-order valence-electron chi connectivity index (χ2n) is 8.27. The molecule has 1 aliphatic carbocycles. The van der Waals surface area contributed by atoms with E-state index in [4.69, 9.17) is 0 Å². The molecule has 1 saturated carbocycles. The average molecular weight is 444 g/mol. The quantitative estimate of drug-likeness (QED) is 0.753. The first-order valence-corrected chi connectivity index (χ1v) is 10.6. The van der Waals surface area contributed by atoms with Gasteiger partial charge in [0.2, 0.25) is 5.95 Å². The summed E-state index contributed by atoms with van der Waals surface area (Å²) in [5.74, 6) is -4.42. The standard InChI is InChI=1S/C22H26F2N6O2/c1-13-10-14(19(31)25-2)8-9-16(13)27-21-26-11-17-18(28-21)30(15-6-4-5-7-15)12-22(23,24)20(32)29(17)3/h8-11,15H,4-7,12H2,1-3H3,(H,25,31)(H,26,27,28). The van der Waals surface area contributed by atoms with Crippen LogP contribution >= 0.6 is 0 Å². The maximum absolute atomic E-state index is 14.7. The monoisotopic (exact) mass is 444 g/mol. The van der Waals surface area contributed by atoms with E-state index in [1.54, 1.807) is 30.1 Å². The van der Waals surface area contributed by atoms with Crippen LogP contribution in [0.25, 0.3) is 0 Å². The summed E-state index contributed by atoms with van der Waals surface area (Å²) in [6.07, 6.45) is 4.87. The van der Waals surface area contributed by atoms with E-state index in [-0.39, 0.29) is 23.6 Å². The molecule has 170 valence electrons. The van der Waals surface area contributed by atoms with Gasteiger partial charge in [-0.25, -0.2) is 4.98 Å². The fourth-order valence-electron chi connectivity index (χ4n) is 4.31. The topological polar surface area (TPSA) is 90.5 Å². The van der Waals surface area contributed by atoms with Crippen molar-refractivity contribution in [3.63, 3.8) is 0 Å². The lowest BCUT2D eigenvalue weighted by Crippen LogP contribution is -2.48. The summed E-state index contributed by atoms with van der Waals surface area (Å²) in [7, 11) is 2.89. The number of alkyl halides is 2. The highest BCUT2D eigenvalue weighted by molar-refractivity contribution is 6.02. The van der Waals surface area contributed by atoms with Gasteiger partial charge in [-0.05, 0) is 43.5 Å². The molecular formula is C22H26F2N6O2. The van der Waals surface area contributed by atoms with Gasteiger partial charge < -0.3 is 20.4 Å². The highest BCUT2D eigenvalue weighted by Crippen LogP contribution is 2.39. The molecular weight excluding hydrogens is 418 g/mol. The summed E-state index contributed by atoms with van der Waals surface area (Å²) in [6.45, 7) is 1.14. The van der Waals surface area contributed by atoms with Crippen molar-refractivity contribution < 1.29 is 18.4 Å². The Kier molecular flexibility index (Phi) is 5.70. The van der Waals surface area contributed by atoms with Gasteiger partial charge in [0.1, 0.15) is 5.69 Å². The van der Waals surface area contributed by atoms with Crippen molar-refractivity contribution in [2.24, 2.45) is 0 Å². The Morgan fingerprint density at radius 1 is 1.25 bits per heavy atom. The maximum Gasteiger partial charge on any atom is 0.342 e. The zero-order chi connectivity index (χ0) is 23.0. The van der Waals surface area contributed by atoms with Gasteiger partial charge >= 0.3 is 5.92 Å². The average Bonchev–Trinajstić information content (AvgIpc) is 3.29. The third kappa shape index (κ3) is 3.96. The number of benzene rings is 1. The van der Waals surface area contributed by atoms with Crippen LogP contribution in [0.5, 0.6) is 0 Å². The molecule has 2 aliphatic rings. The largest absolute Gasteiger partial charge is 0.355 e. The SMILES string of the molecule is CNC(=O)c1ccc(Nc2ncc3c(n2)N(C2CCCC2)CC(F)(F)C(=O)N3C)c(C)c1. The number of fused-ring (bicyclic) bond motifs is 1. The molecule has 1 aromatic carbocycles. The third-order valence-electron chi connectivity index (χ3n) is 6.10. The molecule has 0 spiro atoms. The Morgan fingerprint density at radius 3 is 2.62 bits per heavy atom. The van der Waals surface area contributed by atoms with Crippen LogP contribution in [-0.2, 0) is 4.79 Å². The molecule has 10 heteroatoms. The summed E-state index contributed by atoms with van der Waals surface area (Å²) in [4.78, 5) is 35.5. The van der Waals surface area contributed by atoms with Crippen LogP contribution in [0.4, 0.5) is 31.9 Å². The van der Waals surface area contributed by atoms with Gasteiger partial charge in [0.05, 0.1) is 12.7 Å². The predicted octanol–water partition coefficient (Wildman–Crippen LogP) is 3.25. The number of carbonyl (C=O) groups excluding carboxylic acids is 2. The number of amides is 2. The molecule has 0 atom stereocenters. The zero-order valence-electron chi connectivity index (χ0n) is 18.3. The van der Waals surface area contributed by atoms with Crippen molar-refractivity contribution in [2.75, 3.05) is 35.8 Å². The van der Waals surface area contributed by atoms with E-state index in [0.717, 1.165) is 36.1 Å². The molecule has 32 heavy (non-hydrogen) atoms. The van der Waals surface area contributed by atoms with E-state index < -0.39 is 18.4 Å². The summed E-state index contributed by atoms with van der Waals surface area (Å²) in [5, 5.41) is 5.69. The molecule has 1 fully saturated rings. The van der Waals surface area contributed by atoms with Crippen LogP contribution in [0.3, 0.4) is 0 Å². The first-order chi connectivity index (χ1) is 15.2. The molecule has 2 amide bonds. The van der Waals surface area contributed by atoms with Crippen LogP contribution in [0.15, 0.2) is 24.4 Å². The minimum Gasteiger partial charge on any atom is -0.355 e. The smallest absolute Gasteiger partial charge is 0.342 e. The zero-order valence-corrected chi connectivity index (χ0v) is 18.3. The predicted molar refractivity (Wildman–Crippen MR) is 118 cm³/mol. The molecule has 8 nitrogen and oxygen atoms in total. The van der Waals surface area contributed by atoms with E-state index in [1.165, 1.54) is 13.2 Å². The Labute approximate surface area is 185 Å². The lowest BCUT2D eigenvalue weighted by molar-refractivity contribution is -0.140. The summed E-state index contributed by atoms with van der Waals surface area (Å²) in [6, 6.07) is 5.06. The highest BCUT2D eigenvalue weighted by atomic mass is 19.3. The van der Waals surface area contributed by atoms with E-state index >= 15 is 0 Å². The van der Waals surface area contributed by atoms with Gasteiger partial charge in [-0.3, -0.25) is 9.59 Å². The highest BCUT2D eigenvalue weighted by Gasteiger charge is 2.48. The number of aromatic nitrogens is 2. The molecule has 2 heterocycles. The molecule has 1 aromatic heterocycles. The van der Waals surface area contributed by atoms with E-state index in [9.17, 15) is 18.4 Å².